The number of aromatic nitrogens is 4. The van der Waals surface area contributed by atoms with E-state index in [4.69, 9.17) is 9.15 Å². The summed E-state index contributed by atoms with van der Waals surface area (Å²) < 4.78 is 12.4. The number of carbonyl (C=O) groups excluding carboxylic acids is 1. The van der Waals surface area contributed by atoms with E-state index < -0.39 is 11.2 Å². The summed E-state index contributed by atoms with van der Waals surface area (Å²) >= 11 is 0. The second kappa shape index (κ2) is 7.66. The van der Waals surface area contributed by atoms with Gasteiger partial charge in [-0.3, -0.25) is 9.59 Å². The fourth-order valence-corrected chi connectivity index (χ4v) is 3.02. The zero-order valence-corrected chi connectivity index (χ0v) is 16.2. The van der Waals surface area contributed by atoms with Gasteiger partial charge in [-0.1, -0.05) is 6.07 Å². The Morgan fingerprint density at radius 3 is 2.83 bits per heavy atom. The number of hydrogen-bond acceptors (Lipinski definition) is 7. The predicted octanol–water partition coefficient (Wildman–Crippen LogP) is 1.55. The van der Waals surface area contributed by atoms with E-state index in [0.717, 1.165) is 14.6 Å². The Morgan fingerprint density at radius 1 is 1.23 bits per heavy atom. The average molecular weight is 407 g/mol. The van der Waals surface area contributed by atoms with Crippen molar-refractivity contribution in [1.82, 2.24) is 19.3 Å². The van der Waals surface area contributed by atoms with E-state index in [2.05, 4.69) is 15.4 Å². The van der Waals surface area contributed by atoms with Gasteiger partial charge < -0.3 is 14.5 Å². The van der Waals surface area contributed by atoms with Crippen molar-refractivity contribution < 1.29 is 13.9 Å². The number of benzene rings is 1. The third kappa shape index (κ3) is 3.58. The minimum atomic E-state index is -0.663. The van der Waals surface area contributed by atoms with Crippen molar-refractivity contribution in [3.8, 4) is 11.6 Å². The molecule has 0 aliphatic carbocycles. The molecule has 3 heterocycles. The molecule has 0 aliphatic heterocycles. The van der Waals surface area contributed by atoms with E-state index in [1.165, 1.54) is 26.5 Å². The van der Waals surface area contributed by atoms with Crippen LogP contribution in [0.4, 0.5) is 5.69 Å². The van der Waals surface area contributed by atoms with Crippen LogP contribution in [-0.4, -0.2) is 32.3 Å². The third-order valence-corrected chi connectivity index (χ3v) is 4.34. The molecule has 1 aromatic carbocycles. The van der Waals surface area contributed by atoms with E-state index >= 15 is 0 Å². The largest absolute Gasteiger partial charge is 0.476 e. The first kappa shape index (κ1) is 19.1. The Hall–Kier alpha value is -4.21. The number of carbonyl (C=O) groups is 1. The van der Waals surface area contributed by atoms with Gasteiger partial charge in [0.05, 0.1) is 25.6 Å². The Kier molecular flexibility index (Phi) is 4.88. The van der Waals surface area contributed by atoms with Crippen LogP contribution < -0.4 is 21.3 Å². The summed E-state index contributed by atoms with van der Waals surface area (Å²) in [6.07, 6.45) is 3.05. The molecule has 1 N–H and O–H groups in total. The number of nitrogens with zero attached hydrogens (tertiary/aromatic N) is 4. The molecular formula is C20H17N5O5. The van der Waals surface area contributed by atoms with E-state index in [1.54, 1.807) is 36.4 Å². The standard InChI is InChI=1S/C20H17N5O5/c1-12(26)22-15-4-3-5-16(9-15)25-20(28)24(19(27)18(23-25)29-2)11-13-8-14-6-7-30-17(14)21-10-13/h3-10H,11H2,1-2H3,(H,22,26). The van der Waals surface area contributed by atoms with Crippen LogP contribution in [0.5, 0.6) is 5.88 Å². The second-order valence-corrected chi connectivity index (χ2v) is 6.49. The number of methoxy groups -OCH3 is 1. The smallest absolute Gasteiger partial charge is 0.352 e. The van der Waals surface area contributed by atoms with Crippen molar-refractivity contribution in [3.63, 3.8) is 0 Å². The molecule has 1 amide bonds. The molecule has 0 unspecified atom stereocenters. The molecule has 0 saturated carbocycles. The lowest BCUT2D eigenvalue weighted by atomic mass is 10.2. The first-order chi connectivity index (χ1) is 14.5. The van der Waals surface area contributed by atoms with Gasteiger partial charge in [-0.15, -0.1) is 5.10 Å². The molecule has 3 aromatic heterocycles. The highest BCUT2D eigenvalue weighted by atomic mass is 16.5. The number of fused-ring (bicyclic) bond motifs is 1. The lowest BCUT2D eigenvalue weighted by molar-refractivity contribution is -0.114. The number of hydrogen-bond donors (Lipinski definition) is 1. The molecule has 10 heteroatoms. The maximum absolute atomic E-state index is 13.1. The Bertz CT molecular complexity index is 1370. The molecule has 0 spiro atoms. The summed E-state index contributed by atoms with van der Waals surface area (Å²) in [5.41, 5.74) is 0.624. The molecule has 10 nitrogen and oxygen atoms in total. The number of rotatable bonds is 5. The van der Waals surface area contributed by atoms with Gasteiger partial charge in [0.25, 0.3) is 5.88 Å². The highest BCUT2D eigenvalue weighted by Gasteiger charge is 2.16. The first-order valence-corrected chi connectivity index (χ1v) is 8.94. The van der Waals surface area contributed by atoms with Gasteiger partial charge in [-0.05, 0) is 35.9 Å². The van der Waals surface area contributed by atoms with Crippen molar-refractivity contribution in [2.75, 3.05) is 12.4 Å². The average Bonchev–Trinajstić information content (AvgIpc) is 3.19. The topological polar surface area (TPSA) is 121 Å². The monoisotopic (exact) mass is 407 g/mol. The van der Waals surface area contributed by atoms with E-state index in [1.807, 2.05) is 0 Å². The van der Waals surface area contributed by atoms with Crippen molar-refractivity contribution in [3.05, 3.63) is 75.3 Å². The summed E-state index contributed by atoms with van der Waals surface area (Å²) in [7, 11) is 1.30. The lowest BCUT2D eigenvalue weighted by Gasteiger charge is -2.12. The quantitative estimate of drug-likeness (QED) is 0.533. The molecule has 0 atom stereocenters. The Balaban J connectivity index is 1.82. The molecule has 0 aliphatic rings. The minimum Gasteiger partial charge on any atom is -0.476 e. The van der Waals surface area contributed by atoms with Gasteiger partial charge >= 0.3 is 11.2 Å². The number of furan rings is 1. The van der Waals surface area contributed by atoms with Gasteiger partial charge in [-0.2, -0.15) is 4.68 Å². The predicted molar refractivity (Wildman–Crippen MR) is 108 cm³/mol. The van der Waals surface area contributed by atoms with Crippen LogP contribution in [0.15, 0.2) is 62.9 Å². The van der Waals surface area contributed by atoms with Crippen LogP contribution in [0, 0.1) is 0 Å². The van der Waals surface area contributed by atoms with E-state index in [-0.39, 0.29) is 18.3 Å². The van der Waals surface area contributed by atoms with Crippen LogP contribution in [0.3, 0.4) is 0 Å². The Labute approximate surface area is 169 Å². The highest BCUT2D eigenvalue weighted by Crippen LogP contribution is 2.15. The van der Waals surface area contributed by atoms with Gasteiger partial charge in [0.2, 0.25) is 11.6 Å². The van der Waals surface area contributed by atoms with Crippen molar-refractivity contribution >= 4 is 22.7 Å². The molecule has 4 aromatic rings. The number of anilines is 1. The van der Waals surface area contributed by atoms with Crippen LogP contribution >= 0.6 is 0 Å². The zero-order valence-electron chi connectivity index (χ0n) is 16.2. The first-order valence-electron chi connectivity index (χ1n) is 8.94. The Morgan fingerprint density at radius 2 is 2.07 bits per heavy atom. The molecule has 0 bridgehead atoms. The fraction of sp³-hybridized carbons (Fsp3) is 0.150. The maximum Gasteiger partial charge on any atom is 0.352 e. The summed E-state index contributed by atoms with van der Waals surface area (Å²) in [6.45, 7) is 1.35. The third-order valence-electron chi connectivity index (χ3n) is 4.34. The van der Waals surface area contributed by atoms with E-state index in [9.17, 15) is 14.4 Å². The summed E-state index contributed by atoms with van der Waals surface area (Å²) in [6, 6.07) is 10.1. The normalized spacial score (nSPS) is 10.9. The number of amides is 1. The van der Waals surface area contributed by atoms with Crippen LogP contribution in [0.1, 0.15) is 12.5 Å². The van der Waals surface area contributed by atoms with Gasteiger partial charge in [0.15, 0.2) is 0 Å². The van der Waals surface area contributed by atoms with Crippen molar-refractivity contribution in [2.24, 2.45) is 0 Å². The number of ether oxygens (including phenoxy) is 1. The molecule has 152 valence electrons. The summed E-state index contributed by atoms with van der Waals surface area (Å²) in [5, 5.41) is 7.43. The van der Waals surface area contributed by atoms with Gasteiger partial charge in [0, 0.05) is 24.2 Å². The molecule has 30 heavy (non-hydrogen) atoms. The number of nitrogens with one attached hydrogen (secondary N) is 1. The highest BCUT2D eigenvalue weighted by molar-refractivity contribution is 5.88. The van der Waals surface area contributed by atoms with Crippen molar-refractivity contribution in [1.29, 1.82) is 0 Å². The van der Waals surface area contributed by atoms with Gasteiger partial charge in [-0.25, -0.2) is 14.3 Å². The lowest BCUT2D eigenvalue weighted by Crippen LogP contribution is -2.41. The molecule has 0 fully saturated rings. The molecule has 4 rings (SSSR count). The molecular weight excluding hydrogens is 390 g/mol. The molecule has 0 radical (unpaired) electrons. The maximum atomic E-state index is 13.1. The summed E-state index contributed by atoms with van der Waals surface area (Å²) in [4.78, 5) is 41.3. The second-order valence-electron chi connectivity index (χ2n) is 6.49. The number of pyridine rings is 1. The van der Waals surface area contributed by atoms with Crippen LogP contribution in [0.2, 0.25) is 0 Å². The molecule has 0 saturated heterocycles. The van der Waals surface area contributed by atoms with Crippen molar-refractivity contribution in [2.45, 2.75) is 13.5 Å². The van der Waals surface area contributed by atoms with Gasteiger partial charge in [0.1, 0.15) is 0 Å². The minimum absolute atomic E-state index is 0.0317. The summed E-state index contributed by atoms with van der Waals surface area (Å²) in [5.74, 6) is -0.492. The van der Waals surface area contributed by atoms with Crippen LogP contribution in [0.25, 0.3) is 16.8 Å². The zero-order chi connectivity index (χ0) is 21.3. The fourth-order valence-electron chi connectivity index (χ4n) is 3.02. The van der Waals surface area contributed by atoms with E-state index in [0.29, 0.717) is 22.7 Å². The SMILES string of the molecule is COc1nn(-c2cccc(NC(C)=O)c2)c(=O)n(Cc2cnc3occc3c2)c1=O. The van der Waals surface area contributed by atoms with Crippen LogP contribution in [-0.2, 0) is 11.3 Å².